The van der Waals surface area contributed by atoms with Gasteiger partial charge in [-0.3, -0.25) is 0 Å². The minimum absolute atomic E-state index is 0.186. The number of hydrogen-bond donors (Lipinski definition) is 1. The molecule has 5 heteroatoms. The van der Waals surface area contributed by atoms with E-state index in [0.29, 0.717) is 5.92 Å². The second-order valence-corrected chi connectivity index (χ2v) is 8.41. The average molecular weight is 301 g/mol. The van der Waals surface area contributed by atoms with Gasteiger partial charge < -0.3 is 14.7 Å². The first-order valence-electron chi connectivity index (χ1n) is 7.59. The van der Waals surface area contributed by atoms with Crippen LogP contribution in [-0.2, 0) is 4.74 Å². The lowest BCUT2D eigenvalue weighted by Crippen LogP contribution is -2.39. The summed E-state index contributed by atoms with van der Waals surface area (Å²) in [6.07, 6.45) is 3.99. The van der Waals surface area contributed by atoms with Crippen LogP contribution in [0.1, 0.15) is 46.5 Å². The van der Waals surface area contributed by atoms with E-state index >= 15 is 0 Å². The molecule has 0 saturated carbocycles. The summed E-state index contributed by atoms with van der Waals surface area (Å²) in [5.41, 5.74) is -0.434. The molecular formula is C15H27NO3S. The molecule has 2 fully saturated rings. The van der Waals surface area contributed by atoms with Gasteiger partial charge in [0, 0.05) is 24.4 Å². The Hall–Kier alpha value is -0.420. The van der Waals surface area contributed by atoms with E-state index in [4.69, 9.17) is 4.74 Å². The van der Waals surface area contributed by atoms with E-state index in [9.17, 15) is 9.90 Å². The van der Waals surface area contributed by atoms with E-state index in [2.05, 4.69) is 0 Å². The fourth-order valence-electron chi connectivity index (χ4n) is 3.23. The van der Waals surface area contributed by atoms with Crippen molar-refractivity contribution in [2.45, 2.75) is 56.8 Å². The maximum Gasteiger partial charge on any atom is 0.410 e. The predicted molar refractivity (Wildman–Crippen MR) is 82.0 cm³/mol. The molecule has 1 spiro atoms. The number of nitrogens with zero attached hydrogens (tertiary/aromatic N) is 1. The molecule has 0 aliphatic carbocycles. The molecule has 2 atom stereocenters. The van der Waals surface area contributed by atoms with E-state index in [0.717, 1.165) is 44.5 Å². The minimum atomic E-state index is -0.434. The maximum atomic E-state index is 12.2. The third kappa shape index (κ3) is 3.61. The number of carbonyl (C=O) groups is 1. The second-order valence-electron chi connectivity index (χ2n) is 6.90. The summed E-state index contributed by atoms with van der Waals surface area (Å²) < 4.78 is 5.65. The van der Waals surface area contributed by atoms with Crippen molar-refractivity contribution in [1.82, 2.24) is 4.90 Å². The smallest absolute Gasteiger partial charge is 0.410 e. The van der Waals surface area contributed by atoms with Gasteiger partial charge in [-0.25, -0.2) is 4.79 Å². The Bertz CT molecular complexity index is 356. The largest absolute Gasteiger partial charge is 0.444 e. The van der Waals surface area contributed by atoms with Crippen molar-refractivity contribution in [2.75, 3.05) is 25.4 Å². The lowest BCUT2D eigenvalue weighted by Gasteiger charge is -2.33. The number of likely N-dealkylation sites (tertiary alicyclic amines) is 1. The van der Waals surface area contributed by atoms with Crippen LogP contribution in [0.25, 0.3) is 0 Å². The molecular weight excluding hydrogens is 274 g/mol. The minimum Gasteiger partial charge on any atom is -0.444 e. The fraction of sp³-hybridized carbons (Fsp3) is 0.933. The van der Waals surface area contributed by atoms with Crippen LogP contribution < -0.4 is 0 Å². The van der Waals surface area contributed by atoms with Crippen molar-refractivity contribution < 1.29 is 14.6 Å². The summed E-state index contributed by atoms with van der Waals surface area (Å²) >= 11 is 2.00. The monoisotopic (exact) mass is 301 g/mol. The Morgan fingerprint density at radius 1 is 1.40 bits per heavy atom. The SMILES string of the molecule is CC(C)(C)OC(=O)N1CCCC2(CC1)SCCC2CO. The van der Waals surface area contributed by atoms with Crippen LogP contribution >= 0.6 is 11.8 Å². The van der Waals surface area contributed by atoms with Crippen LogP contribution in [0.4, 0.5) is 4.79 Å². The molecule has 116 valence electrons. The molecule has 0 radical (unpaired) electrons. The van der Waals surface area contributed by atoms with Gasteiger partial charge in [-0.05, 0) is 58.1 Å². The van der Waals surface area contributed by atoms with Gasteiger partial charge in [-0.1, -0.05) is 0 Å². The Morgan fingerprint density at radius 2 is 2.15 bits per heavy atom. The van der Waals surface area contributed by atoms with Gasteiger partial charge >= 0.3 is 6.09 Å². The Balaban J connectivity index is 1.97. The highest BCUT2D eigenvalue weighted by Crippen LogP contribution is 2.49. The van der Waals surface area contributed by atoms with Crippen LogP contribution in [-0.4, -0.2) is 51.9 Å². The van der Waals surface area contributed by atoms with Crippen molar-refractivity contribution in [3.05, 3.63) is 0 Å². The zero-order chi connectivity index (χ0) is 14.8. The number of rotatable bonds is 1. The van der Waals surface area contributed by atoms with Crippen molar-refractivity contribution >= 4 is 17.9 Å². The first-order chi connectivity index (χ1) is 9.36. The zero-order valence-electron chi connectivity index (χ0n) is 12.9. The molecule has 2 saturated heterocycles. The van der Waals surface area contributed by atoms with Crippen LogP contribution in [0.3, 0.4) is 0 Å². The van der Waals surface area contributed by atoms with Crippen molar-refractivity contribution in [2.24, 2.45) is 5.92 Å². The summed E-state index contributed by atoms with van der Waals surface area (Å²) in [6.45, 7) is 7.50. The number of aliphatic hydroxyl groups is 1. The maximum absolute atomic E-state index is 12.2. The number of amides is 1. The molecule has 0 aromatic carbocycles. The van der Waals surface area contributed by atoms with Crippen LogP contribution in [0.2, 0.25) is 0 Å². The fourth-order valence-corrected chi connectivity index (χ4v) is 5.00. The molecule has 2 unspecified atom stereocenters. The Labute approximate surface area is 126 Å². The van der Waals surface area contributed by atoms with Gasteiger partial charge in [-0.2, -0.15) is 11.8 Å². The molecule has 0 bridgehead atoms. The van der Waals surface area contributed by atoms with E-state index < -0.39 is 5.60 Å². The summed E-state index contributed by atoms with van der Waals surface area (Å²) in [5, 5.41) is 9.58. The predicted octanol–water partition coefficient (Wildman–Crippen LogP) is 2.89. The molecule has 0 aromatic heterocycles. The first kappa shape index (κ1) is 16.0. The summed E-state index contributed by atoms with van der Waals surface area (Å²) in [6, 6.07) is 0. The van der Waals surface area contributed by atoms with Gasteiger partial charge in [0.2, 0.25) is 0 Å². The van der Waals surface area contributed by atoms with Crippen molar-refractivity contribution in [1.29, 1.82) is 0 Å². The van der Waals surface area contributed by atoms with Gasteiger partial charge in [0.15, 0.2) is 0 Å². The molecule has 2 rings (SSSR count). The van der Waals surface area contributed by atoms with E-state index in [-0.39, 0.29) is 17.4 Å². The normalized spacial score (nSPS) is 31.4. The molecule has 4 nitrogen and oxygen atoms in total. The number of hydrogen-bond acceptors (Lipinski definition) is 4. The number of ether oxygens (including phenoxy) is 1. The standard InChI is InChI=1S/C15H27NO3S/c1-14(2,3)19-13(18)16-8-4-6-15(7-9-16)12(11-17)5-10-20-15/h12,17H,4-11H2,1-3H3. The van der Waals surface area contributed by atoms with Crippen molar-refractivity contribution in [3.8, 4) is 0 Å². The second kappa shape index (κ2) is 6.14. The number of aliphatic hydroxyl groups excluding tert-OH is 1. The van der Waals surface area contributed by atoms with E-state index in [1.165, 1.54) is 0 Å². The van der Waals surface area contributed by atoms with Gasteiger partial charge in [-0.15, -0.1) is 0 Å². The molecule has 2 aliphatic rings. The van der Waals surface area contributed by atoms with E-state index in [1.54, 1.807) is 0 Å². The Kier molecular flexibility index (Phi) is 4.90. The topological polar surface area (TPSA) is 49.8 Å². The van der Waals surface area contributed by atoms with Gasteiger partial charge in [0.05, 0.1) is 0 Å². The average Bonchev–Trinajstić information content (AvgIpc) is 2.60. The van der Waals surface area contributed by atoms with Crippen molar-refractivity contribution in [3.63, 3.8) is 0 Å². The molecule has 2 heterocycles. The van der Waals surface area contributed by atoms with Gasteiger partial charge in [0.25, 0.3) is 0 Å². The molecule has 1 N–H and O–H groups in total. The number of thioether (sulfide) groups is 1. The highest BCUT2D eigenvalue weighted by Gasteiger charge is 2.44. The molecule has 1 amide bonds. The number of carbonyl (C=O) groups excluding carboxylic acids is 1. The highest BCUT2D eigenvalue weighted by molar-refractivity contribution is 8.00. The third-order valence-corrected chi connectivity index (χ3v) is 6.06. The lowest BCUT2D eigenvalue weighted by atomic mass is 9.84. The highest BCUT2D eigenvalue weighted by atomic mass is 32.2. The van der Waals surface area contributed by atoms with E-state index in [1.807, 2.05) is 37.4 Å². The molecule has 2 aliphatic heterocycles. The van der Waals surface area contributed by atoms with Crippen LogP contribution in [0.15, 0.2) is 0 Å². The molecule has 20 heavy (non-hydrogen) atoms. The summed E-state index contributed by atoms with van der Waals surface area (Å²) in [7, 11) is 0. The molecule has 0 aromatic rings. The third-order valence-electron chi connectivity index (χ3n) is 4.30. The quantitative estimate of drug-likeness (QED) is 0.809. The lowest BCUT2D eigenvalue weighted by molar-refractivity contribution is 0.0254. The zero-order valence-corrected chi connectivity index (χ0v) is 13.7. The summed E-state index contributed by atoms with van der Waals surface area (Å²) in [4.78, 5) is 14.0. The Morgan fingerprint density at radius 3 is 2.80 bits per heavy atom. The first-order valence-corrected chi connectivity index (χ1v) is 8.58. The van der Waals surface area contributed by atoms with Crippen LogP contribution in [0, 0.1) is 5.92 Å². The van der Waals surface area contributed by atoms with Crippen LogP contribution in [0.5, 0.6) is 0 Å². The van der Waals surface area contributed by atoms with Gasteiger partial charge in [0.1, 0.15) is 5.60 Å². The summed E-state index contributed by atoms with van der Waals surface area (Å²) in [5.74, 6) is 1.53.